The predicted molar refractivity (Wildman–Crippen MR) is 112 cm³/mol. The average Bonchev–Trinajstić information content (AvgIpc) is 3.02. The number of aliphatic hydroxyl groups is 1. The van der Waals surface area contributed by atoms with Crippen LogP contribution < -0.4 is 0 Å². The lowest BCUT2D eigenvalue weighted by molar-refractivity contribution is -0.140. The molecule has 0 saturated carbocycles. The molecule has 1 aromatic heterocycles. The van der Waals surface area contributed by atoms with Crippen LogP contribution in [-0.2, 0) is 9.59 Å². The Morgan fingerprint density at radius 3 is 2.45 bits per heavy atom. The van der Waals surface area contributed by atoms with Gasteiger partial charge in [0.2, 0.25) is 0 Å². The maximum absolute atomic E-state index is 12.9. The first-order valence-corrected chi connectivity index (χ1v) is 10.0. The van der Waals surface area contributed by atoms with Crippen LogP contribution in [0.5, 0.6) is 0 Å². The zero-order chi connectivity index (χ0) is 20.8. The van der Waals surface area contributed by atoms with Gasteiger partial charge in [0.15, 0.2) is 0 Å². The zero-order valence-corrected chi connectivity index (χ0v) is 16.9. The van der Waals surface area contributed by atoms with E-state index >= 15 is 0 Å². The fourth-order valence-electron chi connectivity index (χ4n) is 3.75. The quantitative estimate of drug-likeness (QED) is 0.423. The molecule has 2 aromatic rings. The highest BCUT2D eigenvalue weighted by Gasteiger charge is 2.45. The van der Waals surface area contributed by atoms with Gasteiger partial charge in [-0.05, 0) is 37.7 Å². The molecule has 0 radical (unpaired) electrons. The maximum Gasteiger partial charge on any atom is 0.295 e. The number of benzene rings is 1. The lowest BCUT2D eigenvalue weighted by Gasteiger charge is -2.26. The van der Waals surface area contributed by atoms with Crippen LogP contribution in [-0.4, -0.2) is 57.8 Å². The van der Waals surface area contributed by atoms with E-state index in [2.05, 4.69) is 23.7 Å². The molecule has 0 aliphatic carbocycles. The molecule has 1 atom stereocenters. The molecule has 152 valence electrons. The van der Waals surface area contributed by atoms with Crippen LogP contribution in [0.25, 0.3) is 5.76 Å². The van der Waals surface area contributed by atoms with Crippen molar-refractivity contribution in [2.45, 2.75) is 26.3 Å². The minimum atomic E-state index is -0.650. The van der Waals surface area contributed by atoms with Crippen molar-refractivity contribution in [2.24, 2.45) is 0 Å². The largest absolute Gasteiger partial charge is 0.507 e. The van der Waals surface area contributed by atoms with E-state index in [1.54, 1.807) is 47.6 Å². The van der Waals surface area contributed by atoms with Gasteiger partial charge in [0, 0.05) is 24.5 Å². The van der Waals surface area contributed by atoms with Gasteiger partial charge in [-0.1, -0.05) is 50.2 Å². The van der Waals surface area contributed by atoms with Crippen molar-refractivity contribution in [3.8, 4) is 0 Å². The fraction of sp³-hybridized carbons (Fsp3) is 0.348. The van der Waals surface area contributed by atoms with Crippen LogP contribution in [0, 0.1) is 0 Å². The number of pyridine rings is 1. The van der Waals surface area contributed by atoms with E-state index in [-0.39, 0.29) is 11.3 Å². The number of likely N-dealkylation sites (tertiary alicyclic amines) is 1. The van der Waals surface area contributed by atoms with Crippen molar-refractivity contribution < 1.29 is 14.7 Å². The SMILES string of the molecule is CCN(CC)CCCN1C(=O)C(=O)/C(=C(/O)c2ccccc2)C1c1cccnc1. The second kappa shape index (κ2) is 9.47. The van der Waals surface area contributed by atoms with E-state index in [1.807, 2.05) is 12.1 Å². The number of amides is 1. The second-order valence-electron chi connectivity index (χ2n) is 7.03. The summed E-state index contributed by atoms with van der Waals surface area (Å²) in [6.07, 6.45) is 4.04. The minimum Gasteiger partial charge on any atom is -0.507 e. The molecule has 6 heteroatoms. The number of nitrogens with zero attached hydrogens (tertiary/aromatic N) is 3. The van der Waals surface area contributed by atoms with E-state index in [9.17, 15) is 14.7 Å². The van der Waals surface area contributed by atoms with Crippen LogP contribution in [0.3, 0.4) is 0 Å². The molecule has 3 rings (SSSR count). The fourth-order valence-corrected chi connectivity index (χ4v) is 3.75. The Hall–Kier alpha value is -2.99. The molecule has 1 aromatic carbocycles. The third-order valence-electron chi connectivity index (χ3n) is 5.36. The normalized spacial score (nSPS) is 18.6. The molecular formula is C23H27N3O3. The van der Waals surface area contributed by atoms with Crippen molar-refractivity contribution in [3.05, 3.63) is 71.6 Å². The van der Waals surface area contributed by atoms with Gasteiger partial charge < -0.3 is 14.9 Å². The summed E-state index contributed by atoms with van der Waals surface area (Å²) in [4.78, 5) is 33.7. The van der Waals surface area contributed by atoms with Gasteiger partial charge >= 0.3 is 0 Å². The smallest absolute Gasteiger partial charge is 0.295 e. The van der Waals surface area contributed by atoms with E-state index < -0.39 is 17.7 Å². The van der Waals surface area contributed by atoms with Gasteiger partial charge in [0.25, 0.3) is 11.7 Å². The number of aliphatic hydroxyl groups excluding tert-OH is 1. The number of Topliss-reactive ketones (excluding diaryl/α,β-unsaturated/α-hetero) is 1. The molecule has 29 heavy (non-hydrogen) atoms. The van der Waals surface area contributed by atoms with Crippen LogP contribution in [0.2, 0.25) is 0 Å². The van der Waals surface area contributed by atoms with E-state index in [0.717, 1.165) is 26.1 Å². The lowest BCUT2D eigenvalue weighted by atomic mass is 9.96. The van der Waals surface area contributed by atoms with Crippen LogP contribution in [0.4, 0.5) is 0 Å². The molecule has 1 aliphatic rings. The molecule has 1 N–H and O–H groups in total. The van der Waals surface area contributed by atoms with Crippen LogP contribution in [0.15, 0.2) is 60.4 Å². The Morgan fingerprint density at radius 1 is 1.10 bits per heavy atom. The van der Waals surface area contributed by atoms with E-state index in [0.29, 0.717) is 17.7 Å². The summed E-state index contributed by atoms with van der Waals surface area (Å²) >= 11 is 0. The van der Waals surface area contributed by atoms with E-state index in [4.69, 9.17) is 0 Å². The number of rotatable bonds is 8. The van der Waals surface area contributed by atoms with Crippen molar-refractivity contribution in [1.29, 1.82) is 0 Å². The molecule has 0 bridgehead atoms. The number of ketones is 1. The second-order valence-corrected chi connectivity index (χ2v) is 7.03. The van der Waals surface area contributed by atoms with Crippen molar-refractivity contribution in [1.82, 2.24) is 14.8 Å². The molecular weight excluding hydrogens is 366 g/mol. The maximum atomic E-state index is 12.9. The first-order valence-electron chi connectivity index (χ1n) is 10.0. The molecule has 2 heterocycles. The van der Waals surface area contributed by atoms with Crippen molar-refractivity contribution in [3.63, 3.8) is 0 Å². The summed E-state index contributed by atoms with van der Waals surface area (Å²) < 4.78 is 0. The standard InChI is InChI=1S/C23H27N3O3/c1-3-25(4-2)14-9-15-26-20(18-12-8-13-24-16-18)19(22(28)23(26)29)21(27)17-10-6-5-7-11-17/h5-8,10-13,16,20,27H,3-4,9,14-15H2,1-2H3/b21-19+. The third kappa shape index (κ3) is 4.38. The first-order chi connectivity index (χ1) is 14.1. The summed E-state index contributed by atoms with van der Waals surface area (Å²) in [5.41, 5.74) is 1.35. The Bertz CT molecular complexity index is 877. The summed E-state index contributed by atoms with van der Waals surface area (Å²) in [6.45, 7) is 7.36. The monoisotopic (exact) mass is 393 g/mol. The molecule has 1 aliphatic heterocycles. The van der Waals surface area contributed by atoms with Gasteiger partial charge in [-0.25, -0.2) is 0 Å². The zero-order valence-electron chi connectivity index (χ0n) is 16.9. The van der Waals surface area contributed by atoms with Gasteiger partial charge in [-0.2, -0.15) is 0 Å². The molecule has 1 fully saturated rings. The Labute approximate surface area is 171 Å². The average molecular weight is 393 g/mol. The number of aromatic nitrogens is 1. The summed E-state index contributed by atoms with van der Waals surface area (Å²) in [7, 11) is 0. The first kappa shape index (κ1) is 20.7. The van der Waals surface area contributed by atoms with Crippen molar-refractivity contribution in [2.75, 3.05) is 26.2 Å². The third-order valence-corrected chi connectivity index (χ3v) is 5.36. The molecule has 1 saturated heterocycles. The van der Waals surface area contributed by atoms with Crippen LogP contribution in [0.1, 0.15) is 37.4 Å². The Morgan fingerprint density at radius 2 is 1.83 bits per heavy atom. The molecule has 6 nitrogen and oxygen atoms in total. The highest BCUT2D eigenvalue weighted by Crippen LogP contribution is 2.39. The summed E-state index contributed by atoms with van der Waals surface area (Å²) in [5.74, 6) is -1.37. The lowest BCUT2D eigenvalue weighted by Crippen LogP contribution is -2.33. The molecule has 0 spiro atoms. The predicted octanol–water partition coefficient (Wildman–Crippen LogP) is 3.24. The molecule has 1 unspecified atom stereocenters. The number of hydrogen-bond donors (Lipinski definition) is 1. The molecule has 1 amide bonds. The van der Waals surface area contributed by atoms with Crippen molar-refractivity contribution >= 4 is 17.4 Å². The van der Waals surface area contributed by atoms with E-state index in [1.165, 1.54) is 0 Å². The highest BCUT2D eigenvalue weighted by atomic mass is 16.3. The highest BCUT2D eigenvalue weighted by molar-refractivity contribution is 6.46. The Kier molecular flexibility index (Phi) is 6.77. The van der Waals surface area contributed by atoms with Gasteiger partial charge in [0.05, 0.1) is 11.6 Å². The summed E-state index contributed by atoms with van der Waals surface area (Å²) in [6, 6.07) is 11.8. The van der Waals surface area contributed by atoms with Gasteiger partial charge in [0.1, 0.15) is 5.76 Å². The number of carbonyl (C=O) groups excluding carboxylic acids is 2. The summed E-state index contributed by atoms with van der Waals surface area (Å²) in [5, 5.41) is 10.9. The number of hydrogen-bond acceptors (Lipinski definition) is 5. The van der Waals surface area contributed by atoms with Gasteiger partial charge in [-0.15, -0.1) is 0 Å². The Balaban J connectivity index is 1.98. The topological polar surface area (TPSA) is 73.7 Å². The number of carbonyl (C=O) groups is 2. The minimum absolute atomic E-state index is 0.122. The van der Waals surface area contributed by atoms with Crippen LogP contribution >= 0.6 is 0 Å². The van der Waals surface area contributed by atoms with Gasteiger partial charge in [-0.3, -0.25) is 14.6 Å².